The van der Waals surface area contributed by atoms with Gasteiger partial charge in [-0.15, -0.1) is 0 Å². The van der Waals surface area contributed by atoms with Crippen LogP contribution in [0.2, 0.25) is 0 Å². The largest absolute Gasteiger partial charge is 0.469 e. The van der Waals surface area contributed by atoms with Gasteiger partial charge in [0.15, 0.2) is 0 Å². The maximum absolute atomic E-state index is 12.2. The summed E-state index contributed by atoms with van der Waals surface area (Å²) in [6.45, 7) is 0.329. The molecule has 1 amide bonds. The topological polar surface area (TPSA) is 55.8 Å². The van der Waals surface area contributed by atoms with E-state index >= 15 is 0 Å². The van der Waals surface area contributed by atoms with Crippen LogP contribution in [0.15, 0.2) is 60.7 Å². The molecule has 5 nitrogen and oxygen atoms in total. The third kappa shape index (κ3) is 3.40. The molecule has 124 valence electrons. The molecule has 2 atom stereocenters. The minimum absolute atomic E-state index is 0.329. The van der Waals surface area contributed by atoms with E-state index < -0.39 is 18.1 Å². The van der Waals surface area contributed by atoms with Gasteiger partial charge in [-0.05, 0) is 24.1 Å². The molecule has 1 fully saturated rings. The predicted octanol–water partition coefficient (Wildman–Crippen LogP) is 3.04. The molecule has 3 rings (SSSR count). The average Bonchev–Trinajstić information content (AvgIpc) is 3.02. The van der Waals surface area contributed by atoms with Crippen LogP contribution in [0.3, 0.4) is 0 Å². The number of anilines is 1. The summed E-state index contributed by atoms with van der Waals surface area (Å²) in [4.78, 5) is 26.0. The molecule has 0 spiro atoms. The first kappa shape index (κ1) is 16.1. The van der Waals surface area contributed by atoms with Crippen LogP contribution < -0.4 is 4.90 Å². The van der Waals surface area contributed by atoms with Crippen LogP contribution in [-0.2, 0) is 20.7 Å². The first-order valence-corrected chi connectivity index (χ1v) is 7.84. The minimum Gasteiger partial charge on any atom is -0.469 e. The van der Waals surface area contributed by atoms with Gasteiger partial charge in [-0.2, -0.15) is 0 Å². The highest BCUT2D eigenvalue weighted by atomic mass is 16.6. The second kappa shape index (κ2) is 7.17. The Labute approximate surface area is 140 Å². The van der Waals surface area contributed by atoms with Crippen molar-refractivity contribution in [1.29, 1.82) is 0 Å². The summed E-state index contributed by atoms with van der Waals surface area (Å²) in [5.74, 6) is -0.901. The second-order valence-corrected chi connectivity index (χ2v) is 5.69. The summed E-state index contributed by atoms with van der Waals surface area (Å²) in [6, 6.07) is 18.9. The zero-order valence-electron chi connectivity index (χ0n) is 13.4. The van der Waals surface area contributed by atoms with Crippen molar-refractivity contribution in [2.45, 2.75) is 12.5 Å². The fourth-order valence-corrected chi connectivity index (χ4v) is 2.90. The number of cyclic esters (lactones) is 1. The van der Waals surface area contributed by atoms with E-state index in [1.54, 1.807) is 4.90 Å². The highest BCUT2D eigenvalue weighted by Crippen LogP contribution is 2.27. The van der Waals surface area contributed by atoms with Gasteiger partial charge in [-0.25, -0.2) is 4.79 Å². The SMILES string of the molecule is COC(=O)[C@H](Cc1ccccc1)[C@H]1CN(c2ccccc2)C(=O)O1. The van der Waals surface area contributed by atoms with Crippen molar-refractivity contribution in [3.05, 3.63) is 66.2 Å². The number of esters is 1. The molecule has 0 aliphatic carbocycles. The quantitative estimate of drug-likeness (QED) is 0.793. The summed E-state index contributed by atoms with van der Waals surface area (Å²) in [5, 5.41) is 0. The molecule has 1 heterocycles. The molecular formula is C19H19NO4. The van der Waals surface area contributed by atoms with E-state index in [4.69, 9.17) is 9.47 Å². The average molecular weight is 325 g/mol. The van der Waals surface area contributed by atoms with Crippen LogP contribution in [0.25, 0.3) is 0 Å². The number of hydrogen-bond acceptors (Lipinski definition) is 4. The molecule has 0 saturated carbocycles. The van der Waals surface area contributed by atoms with Crippen molar-refractivity contribution >= 4 is 17.7 Å². The molecule has 1 aliphatic heterocycles. The molecule has 0 radical (unpaired) electrons. The van der Waals surface area contributed by atoms with Crippen LogP contribution in [-0.4, -0.2) is 31.8 Å². The number of carbonyl (C=O) groups excluding carboxylic acids is 2. The fraction of sp³-hybridized carbons (Fsp3) is 0.263. The van der Waals surface area contributed by atoms with Crippen LogP contribution >= 0.6 is 0 Å². The molecule has 24 heavy (non-hydrogen) atoms. The van der Waals surface area contributed by atoms with Crippen molar-refractivity contribution < 1.29 is 19.1 Å². The smallest absolute Gasteiger partial charge is 0.414 e. The van der Waals surface area contributed by atoms with E-state index in [1.807, 2.05) is 60.7 Å². The second-order valence-electron chi connectivity index (χ2n) is 5.69. The van der Waals surface area contributed by atoms with Gasteiger partial charge in [0.2, 0.25) is 0 Å². The number of para-hydroxylation sites is 1. The Balaban J connectivity index is 1.79. The molecule has 1 aliphatic rings. The number of nitrogens with zero attached hydrogens (tertiary/aromatic N) is 1. The minimum atomic E-state index is -0.537. The molecular weight excluding hydrogens is 306 g/mol. The highest BCUT2D eigenvalue weighted by molar-refractivity contribution is 5.90. The van der Waals surface area contributed by atoms with Crippen molar-refractivity contribution in [2.75, 3.05) is 18.6 Å². The maximum atomic E-state index is 12.2. The van der Waals surface area contributed by atoms with E-state index in [-0.39, 0.29) is 5.97 Å². The molecule has 0 N–H and O–H groups in total. The van der Waals surface area contributed by atoms with Crippen LogP contribution in [0.5, 0.6) is 0 Å². The Morgan fingerprint density at radius 1 is 1.17 bits per heavy atom. The molecule has 2 aromatic rings. The summed E-state index contributed by atoms with van der Waals surface area (Å²) in [7, 11) is 1.35. The summed E-state index contributed by atoms with van der Waals surface area (Å²) < 4.78 is 10.4. The van der Waals surface area contributed by atoms with E-state index in [2.05, 4.69) is 0 Å². The molecule has 1 saturated heterocycles. The van der Waals surface area contributed by atoms with E-state index in [0.717, 1.165) is 11.3 Å². The zero-order chi connectivity index (χ0) is 16.9. The molecule has 0 unspecified atom stereocenters. The van der Waals surface area contributed by atoms with Gasteiger partial charge in [0, 0.05) is 5.69 Å². The van der Waals surface area contributed by atoms with Gasteiger partial charge < -0.3 is 9.47 Å². The highest BCUT2D eigenvalue weighted by Gasteiger charge is 2.41. The van der Waals surface area contributed by atoms with Gasteiger partial charge >= 0.3 is 12.1 Å². The van der Waals surface area contributed by atoms with E-state index in [1.165, 1.54) is 7.11 Å². The van der Waals surface area contributed by atoms with Gasteiger partial charge in [0.25, 0.3) is 0 Å². The molecule has 0 bridgehead atoms. The first-order chi connectivity index (χ1) is 11.7. The molecule has 0 aromatic heterocycles. The van der Waals surface area contributed by atoms with Crippen molar-refractivity contribution in [1.82, 2.24) is 0 Å². The van der Waals surface area contributed by atoms with Gasteiger partial charge in [-0.3, -0.25) is 9.69 Å². The van der Waals surface area contributed by atoms with Gasteiger partial charge in [0.1, 0.15) is 6.10 Å². The Kier molecular flexibility index (Phi) is 4.79. The Morgan fingerprint density at radius 2 is 1.79 bits per heavy atom. The lowest BCUT2D eigenvalue weighted by molar-refractivity contribution is -0.148. The summed E-state index contributed by atoms with van der Waals surface area (Å²) in [5.41, 5.74) is 1.76. The van der Waals surface area contributed by atoms with Crippen LogP contribution in [0, 0.1) is 5.92 Å². The number of hydrogen-bond donors (Lipinski definition) is 0. The third-order valence-electron chi connectivity index (χ3n) is 4.15. The van der Waals surface area contributed by atoms with Crippen molar-refractivity contribution in [3.63, 3.8) is 0 Å². The lowest BCUT2D eigenvalue weighted by Gasteiger charge is -2.20. The predicted molar refractivity (Wildman–Crippen MR) is 89.7 cm³/mol. The Hall–Kier alpha value is -2.82. The number of rotatable bonds is 5. The number of ether oxygens (including phenoxy) is 2. The normalized spacial score (nSPS) is 18.1. The monoisotopic (exact) mass is 325 g/mol. The standard InChI is InChI=1S/C19H19NO4/c1-23-18(21)16(12-14-8-4-2-5-9-14)17-13-20(19(22)24-17)15-10-6-3-7-11-15/h2-11,16-17H,12-13H2,1H3/t16-,17-/m1/s1. The fourth-order valence-electron chi connectivity index (χ4n) is 2.90. The van der Waals surface area contributed by atoms with Crippen molar-refractivity contribution in [3.8, 4) is 0 Å². The zero-order valence-corrected chi connectivity index (χ0v) is 13.4. The number of carbonyl (C=O) groups is 2. The molecule has 5 heteroatoms. The maximum Gasteiger partial charge on any atom is 0.414 e. The number of benzene rings is 2. The lowest BCUT2D eigenvalue weighted by atomic mass is 9.94. The van der Waals surface area contributed by atoms with Gasteiger partial charge in [0.05, 0.1) is 19.6 Å². The third-order valence-corrected chi connectivity index (χ3v) is 4.15. The van der Waals surface area contributed by atoms with Crippen LogP contribution in [0.4, 0.5) is 10.5 Å². The first-order valence-electron chi connectivity index (χ1n) is 7.84. The Morgan fingerprint density at radius 3 is 2.42 bits per heavy atom. The summed E-state index contributed by atoms with van der Waals surface area (Å²) in [6.07, 6.45) is -0.507. The number of methoxy groups -OCH3 is 1. The van der Waals surface area contributed by atoms with E-state index in [9.17, 15) is 9.59 Å². The summed E-state index contributed by atoms with van der Waals surface area (Å²) >= 11 is 0. The number of amides is 1. The van der Waals surface area contributed by atoms with Crippen molar-refractivity contribution in [2.24, 2.45) is 5.92 Å². The molecule has 2 aromatic carbocycles. The van der Waals surface area contributed by atoms with Gasteiger partial charge in [-0.1, -0.05) is 48.5 Å². The van der Waals surface area contributed by atoms with Crippen LogP contribution in [0.1, 0.15) is 5.56 Å². The lowest BCUT2D eigenvalue weighted by Crippen LogP contribution is -2.34. The Bertz CT molecular complexity index is 702. The van der Waals surface area contributed by atoms with E-state index in [0.29, 0.717) is 13.0 Å².